The third-order valence-electron chi connectivity index (χ3n) is 5.37. The first-order valence-corrected chi connectivity index (χ1v) is 9.86. The van der Waals surface area contributed by atoms with Crippen LogP contribution in [0, 0.1) is 12.8 Å². The van der Waals surface area contributed by atoms with Crippen molar-refractivity contribution in [3.63, 3.8) is 0 Å². The fourth-order valence-corrected chi connectivity index (χ4v) is 3.45. The van der Waals surface area contributed by atoms with Crippen LogP contribution < -0.4 is 10.2 Å². The number of hydrogen-bond acceptors (Lipinski definition) is 3. The number of amides is 3. The number of nitrogens with zero attached hydrogens (tertiary/aromatic N) is 2. The average Bonchev–Trinajstić information content (AvgIpc) is 2.74. The summed E-state index contributed by atoms with van der Waals surface area (Å²) in [7, 11) is 1.71. The number of benzene rings is 2. The van der Waals surface area contributed by atoms with E-state index in [0.29, 0.717) is 24.3 Å². The van der Waals surface area contributed by atoms with E-state index in [1.165, 1.54) is 6.92 Å². The lowest BCUT2D eigenvalue weighted by atomic mass is 9.96. The van der Waals surface area contributed by atoms with Crippen molar-refractivity contribution in [2.75, 3.05) is 30.4 Å². The molecule has 1 unspecified atom stereocenters. The molecule has 2 aromatic rings. The first kappa shape index (κ1) is 20.6. The van der Waals surface area contributed by atoms with Crippen molar-refractivity contribution in [1.82, 2.24) is 4.90 Å². The number of piperidine rings is 1. The van der Waals surface area contributed by atoms with Gasteiger partial charge in [0.15, 0.2) is 0 Å². The summed E-state index contributed by atoms with van der Waals surface area (Å²) >= 11 is 0. The molecular formula is C23H27N3O3. The Morgan fingerprint density at radius 1 is 1.03 bits per heavy atom. The monoisotopic (exact) mass is 393 g/mol. The minimum atomic E-state index is -0.238. The van der Waals surface area contributed by atoms with E-state index in [1.807, 2.05) is 31.2 Å². The van der Waals surface area contributed by atoms with Gasteiger partial charge in [0.25, 0.3) is 5.91 Å². The third kappa shape index (κ3) is 5.02. The van der Waals surface area contributed by atoms with E-state index in [0.717, 1.165) is 24.1 Å². The van der Waals surface area contributed by atoms with Crippen LogP contribution >= 0.6 is 0 Å². The molecule has 152 valence electrons. The van der Waals surface area contributed by atoms with E-state index in [1.54, 1.807) is 41.1 Å². The molecule has 0 radical (unpaired) electrons. The Hall–Kier alpha value is -3.15. The van der Waals surface area contributed by atoms with Crippen LogP contribution in [0.1, 0.15) is 35.7 Å². The van der Waals surface area contributed by atoms with Gasteiger partial charge < -0.3 is 15.1 Å². The van der Waals surface area contributed by atoms with Crippen LogP contribution in [-0.2, 0) is 9.59 Å². The molecule has 29 heavy (non-hydrogen) atoms. The molecule has 2 aromatic carbocycles. The van der Waals surface area contributed by atoms with Crippen molar-refractivity contribution in [2.45, 2.75) is 26.7 Å². The summed E-state index contributed by atoms with van der Waals surface area (Å²) in [4.78, 5) is 40.2. The first-order chi connectivity index (χ1) is 13.8. The highest BCUT2D eigenvalue weighted by Gasteiger charge is 2.29. The van der Waals surface area contributed by atoms with Crippen molar-refractivity contribution < 1.29 is 14.4 Å². The molecule has 3 amide bonds. The molecule has 1 saturated heterocycles. The summed E-state index contributed by atoms with van der Waals surface area (Å²) < 4.78 is 0. The molecule has 0 bridgehead atoms. The predicted octanol–water partition coefficient (Wildman–Crippen LogP) is 3.47. The summed E-state index contributed by atoms with van der Waals surface area (Å²) in [6.07, 6.45) is 1.56. The molecule has 1 atom stereocenters. The summed E-state index contributed by atoms with van der Waals surface area (Å²) in [5, 5.41) is 2.93. The molecule has 0 aromatic heterocycles. The first-order valence-electron chi connectivity index (χ1n) is 9.86. The second kappa shape index (κ2) is 8.90. The van der Waals surface area contributed by atoms with Crippen LogP contribution in [0.25, 0.3) is 0 Å². The van der Waals surface area contributed by atoms with E-state index >= 15 is 0 Å². The van der Waals surface area contributed by atoms with Gasteiger partial charge in [0.05, 0.1) is 5.92 Å². The molecule has 0 saturated carbocycles. The van der Waals surface area contributed by atoms with Gasteiger partial charge in [0, 0.05) is 44.0 Å². The molecule has 1 aliphatic rings. The van der Waals surface area contributed by atoms with Gasteiger partial charge in [-0.3, -0.25) is 14.4 Å². The minimum absolute atomic E-state index is 0.0286. The Kier molecular flexibility index (Phi) is 6.32. The lowest BCUT2D eigenvalue weighted by Gasteiger charge is -2.32. The van der Waals surface area contributed by atoms with Crippen LogP contribution in [0.2, 0.25) is 0 Å². The van der Waals surface area contributed by atoms with Crippen LogP contribution in [-0.4, -0.2) is 42.8 Å². The highest BCUT2D eigenvalue weighted by Crippen LogP contribution is 2.22. The van der Waals surface area contributed by atoms with Gasteiger partial charge in [0.2, 0.25) is 11.8 Å². The SMILES string of the molecule is CC(=O)N(C)c1ccc(NC(=O)C2CCCN(C(=O)c3ccc(C)cc3)C2)cc1. The summed E-state index contributed by atoms with van der Waals surface area (Å²) in [6.45, 7) is 4.58. The Labute approximate surface area is 171 Å². The average molecular weight is 393 g/mol. The van der Waals surface area contributed by atoms with Crippen LogP contribution in [0.4, 0.5) is 11.4 Å². The normalized spacial score (nSPS) is 16.2. The molecule has 3 rings (SSSR count). The Balaban J connectivity index is 1.61. The molecule has 0 spiro atoms. The summed E-state index contributed by atoms with van der Waals surface area (Å²) in [5.74, 6) is -0.404. The van der Waals surface area contributed by atoms with Gasteiger partial charge in [-0.05, 0) is 56.2 Å². The van der Waals surface area contributed by atoms with Gasteiger partial charge in [-0.15, -0.1) is 0 Å². The van der Waals surface area contributed by atoms with Crippen molar-refractivity contribution >= 4 is 29.1 Å². The van der Waals surface area contributed by atoms with E-state index in [4.69, 9.17) is 0 Å². The Morgan fingerprint density at radius 3 is 2.31 bits per heavy atom. The largest absolute Gasteiger partial charge is 0.338 e. The Morgan fingerprint density at radius 2 is 1.69 bits per heavy atom. The van der Waals surface area contributed by atoms with Crippen LogP contribution in [0.15, 0.2) is 48.5 Å². The number of hydrogen-bond donors (Lipinski definition) is 1. The van der Waals surface area contributed by atoms with Crippen LogP contribution in [0.5, 0.6) is 0 Å². The predicted molar refractivity (Wildman–Crippen MR) is 114 cm³/mol. The number of anilines is 2. The molecule has 1 fully saturated rings. The third-order valence-corrected chi connectivity index (χ3v) is 5.37. The number of nitrogens with one attached hydrogen (secondary N) is 1. The lowest BCUT2D eigenvalue weighted by Crippen LogP contribution is -2.43. The smallest absolute Gasteiger partial charge is 0.253 e. The quantitative estimate of drug-likeness (QED) is 0.865. The minimum Gasteiger partial charge on any atom is -0.338 e. The van der Waals surface area contributed by atoms with Gasteiger partial charge in [-0.1, -0.05) is 17.7 Å². The fraction of sp³-hybridized carbons (Fsp3) is 0.348. The second-order valence-electron chi connectivity index (χ2n) is 7.57. The van der Waals surface area contributed by atoms with E-state index in [9.17, 15) is 14.4 Å². The maximum Gasteiger partial charge on any atom is 0.253 e. The van der Waals surface area contributed by atoms with Crippen molar-refractivity contribution in [3.05, 3.63) is 59.7 Å². The van der Waals surface area contributed by atoms with Gasteiger partial charge >= 0.3 is 0 Å². The van der Waals surface area contributed by atoms with E-state index in [-0.39, 0.29) is 23.6 Å². The molecule has 1 aliphatic heterocycles. The standard InChI is InChI=1S/C23H27N3O3/c1-16-6-8-18(9-7-16)23(29)26-14-4-5-19(15-26)22(28)24-20-10-12-21(13-11-20)25(3)17(2)27/h6-13,19H,4-5,14-15H2,1-3H3,(H,24,28). The highest BCUT2D eigenvalue weighted by molar-refractivity contribution is 5.96. The van der Waals surface area contributed by atoms with Gasteiger partial charge in [0.1, 0.15) is 0 Å². The van der Waals surface area contributed by atoms with Crippen molar-refractivity contribution in [3.8, 4) is 0 Å². The molecule has 1 N–H and O–H groups in total. The Bertz CT molecular complexity index is 891. The summed E-state index contributed by atoms with van der Waals surface area (Å²) in [5.41, 5.74) is 3.21. The van der Waals surface area contributed by atoms with Crippen LogP contribution in [0.3, 0.4) is 0 Å². The molecule has 0 aliphatic carbocycles. The summed E-state index contributed by atoms with van der Waals surface area (Å²) in [6, 6.07) is 14.7. The number of aryl methyl sites for hydroxylation is 1. The van der Waals surface area contributed by atoms with Gasteiger partial charge in [-0.2, -0.15) is 0 Å². The number of likely N-dealkylation sites (tertiary alicyclic amines) is 1. The second-order valence-corrected chi connectivity index (χ2v) is 7.57. The van der Waals surface area contributed by atoms with E-state index < -0.39 is 0 Å². The zero-order chi connectivity index (χ0) is 21.0. The maximum atomic E-state index is 12.8. The maximum absolute atomic E-state index is 12.8. The van der Waals surface area contributed by atoms with Crippen molar-refractivity contribution in [2.24, 2.45) is 5.92 Å². The fourth-order valence-electron chi connectivity index (χ4n) is 3.45. The zero-order valence-electron chi connectivity index (χ0n) is 17.1. The molecule has 6 heteroatoms. The van der Waals surface area contributed by atoms with Crippen molar-refractivity contribution in [1.29, 1.82) is 0 Å². The number of rotatable bonds is 4. The highest BCUT2D eigenvalue weighted by atomic mass is 16.2. The molecule has 6 nitrogen and oxygen atoms in total. The van der Waals surface area contributed by atoms with Gasteiger partial charge in [-0.25, -0.2) is 0 Å². The zero-order valence-corrected chi connectivity index (χ0v) is 17.1. The molecule has 1 heterocycles. The lowest BCUT2D eigenvalue weighted by molar-refractivity contribution is -0.121. The van der Waals surface area contributed by atoms with E-state index in [2.05, 4.69) is 5.32 Å². The number of carbonyl (C=O) groups is 3. The number of carbonyl (C=O) groups excluding carboxylic acids is 3. The topological polar surface area (TPSA) is 69.7 Å². The molecular weight excluding hydrogens is 366 g/mol.